The van der Waals surface area contributed by atoms with Crippen LogP contribution in [0.4, 0.5) is 15.3 Å². The van der Waals surface area contributed by atoms with Crippen molar-refractivity contribution in [3.05, 3.63) is 65.7 Å². The Morgan fingerprint density at radius 3 is 2.28 bits per heavy atom. The molecule has 4 unspecified atom stereocenters. The fourth-order valence-corrected chi connectivity index (χ4v) is 4.82. The monoisotopic (exact) mass is 333 g/mol. The summed E-state index contributed by atoms with van der Waals surface area (Å²) in [5.74, 6) is 0.583. The molecule has 4 bridgehead atoms. The Bertz CT molecular complexity index is 851. The van der Waals surface area contributed by atoms with Gasteiger partial charge in [0.1, 0.15) is 0 Å². The highest BCUT2D eigenvalue weighted by molar-refractivity contribution is 6.14. The lowest BCUT2D eigenvalue weighted by atomic mass is 9.75. The van der Waals surface area contributed by atoms with Crippen LogP contribution < -0.4 is 15.5 Å². The van der Waals surface area contributed by atoms with Gasteiger partial charge in [0.05, 0.1) is 11.7 Å². The summed E-state index contributed by atoms with van der Waals surface area (Å²) < 4.78 is 0. The molecule has 0 radical (unpaired) electrons. The maximum atomic E-state index is 12.9. The third kappa shape index (κ3) is 2.08. The SMILES string of the molecule is O=C1NC2c3ccccc3C3CCC2C3NC(=O)N1c1ccccc1. The molecular weight excluding hydrogens is 314 g/mol. The summed E-state index contributed by atoms with van der Waals surface area (Å²) in [6.45, 7) is 0. The first-order valence-electron chi connectivity index (χ1n) is 8.79. The fraction of sp³-hybridized carbons (Fsp3) is 0.300. The quantitative estimate of drug-likeness (QED) is 0.838. The molecule has 2 aromatic rings. The third-order valence-corrected chi connectivity index (χ3v) is 5.85. The highest BCUT2D eigenvalue weighted by Gasteiger charge is 2.50. The van der Waals surface area contributed by atoms with Crippen LogP contribution >= 0.6 is 0 Å². The van der Waals surface area contributed by atoms with E-state index >= 15 is 0 Å². The summed E-state index contributed by atoms with van der Waals surface area (Å²) >= 11 is 0. The lowest BCUT2D eigenvalue weighted by molar-refractivity contribution is 0.206. The highest BCUT2D eigenvalue weighted by Crippen LogP contribution is 2.51. The Morgan fingerprint density at radius 1 is 0.800 bits per heavy atom. The standard InChI is InChI=1S/C20H19N3O2/c24-19-21-17-14-9-5-4-8-13(14)15-10-11-16(17)18(15)22-20(25)23(19)12-6-2-1-3-7-12/h1-9,15-18H,10-11H2,(H,21,24)(H,22,25). The minimum absolute atomic E-state index is 0.0562. The summed E-state index contributed by atoms with van der Waals surface area (Å²) in [4.78, 5) is 27.0. The summed E-state index contributed by atoms with van der Waals surface area (Å²) in [6, 6.07) is 16.7. The molecule has 2 aromatic carbocycles. The van der Waals surface area contributed by atoms with E-state index in [1.165, 1.54) is 16.0 Å². The topological polar surface area (TPSA) is 61.4 Å². The lowest BCUT2D eigenvalue weighted by Crippen LogP contribution is -2.60. The van der Waals surface area contributed by atoms with Gasteiger partial charge in [-0.1, -0.05) is 42.5 Å². The van der Waals surface area contributed by atoms with Crippen molar-refractivity contribution in [2.75, 3.05) is 4.90 Å². The average Bonchev–Trinajstić information content (AvgIpc) is 2.95. The zero-order chi connectivity index (χ0) is 17.0. The molecule has 2 fully saturated rings. The van der Waals surface area contributed by atoms with E-state index in [0.717, 1.165) is 12.8 Å². The first-order valence-corrected chi connectivity index (χ1v) is 8.79. The number of carbonyl (C=O) groups excluding carboxylic acids is 2. The van der Waals surface area contributed by atoms with Crippen LogP contribution in [0.25, 0.3) is 0 Å². The van der Waals surface area contributed by atoms with Gasteiger partial charge >= 0.3 is 12.1 Å². The molecule has 2 N–H and O–H groups in total. The zero-order valence-corrected chi connectivity index (χ0v) is 13.7. The zero-order valence-electron chi connectivity index (χ0n) is 13.7. The maximum absolute atomic E-state index is 12.9. The molecule has 126 valence electrons. The van der Waals surface area contributed by atoms with Crippen molar-refractivity contribution < 1.29 is 9.59 Å². The van der Waals surface area contributed by atoms with Gasteiger partial charge in [-0.05, 0) is 36.1 Å². The van der Waals surface area contributed by atoms with Crippen molar-refractivity contribution in [3.8, 4) is 0 Å². The number of anilines is 1. The smallest absolute Gasteiger partial charge is 0.330 e. The average molecular weight is 333 g/mol. The normalized spacial score (nSPS) is 30.0. The Morgan fingerprint density at radius 2 is 1.48 bits per heavy atom. The number of hydrogen-bond donors (Lipinski definition) is 2. The molecule has 1 saturated carbocycles. The van der Waals surface area contributed by atoms with Gasteiger partial charge in [0, 0.05) is 17.9 Å². The number of rotatable bonds is 1. The molecule has 5 nitrogen and oxygen atoms in total. The van der Waals surface area contributed by atoms with E-state index in [1.54, 1.807) is 12.1 Å². The predicted octanol–water partition coefficient (Wildman–Crippen LogP) is 3.54. The molecule has 3 aliphatic rings. The van der Waals surface area contributed by atoms with Crippen molar-refractivity contribution in [3.63, 3.8) is 0 Å². The minimum Gasteiger partial charge on any atom is -0.334 e. The molecule has 5 rings (SSSR count). The number of nitrogens with one attached hydrogen (secondary N) is 2. The molecule has 25 heavy (non-hydrogen) atoms. The molecule has 1 heterocycles. The number of nitrogens with zero attached hydrogens (tertiary/aromatic N) is 1. The number of hydrogen-bond acceptors (Lipinski definition) is 2. The fourth-order valence-electron chi connectivity index (χ4n) is 4.82. The van der Waals surface area contributed by atoms with Gasteiger partial charge in [0.2, 0.25) is 0 Å². The number of imide groups is 1. The second-order valence-corrected chi connectivity index (χ2v) is 7.05. The third-order valence-electron chi connectivity index (χ3n) is 5.85. The van der Waals surface area contributed by atoms with Gasteiger partial charge in [-0.25, -0.2) is 14.5 Å². The van der Waals surface area contributed by atoms with Gasteiger partial charge in [0.15, 0.2) is 0 Å². The van der Waals surface area contributed by atoms with Gasteiger partial charge in [-0.3, -0.25) is 0 Å². The van der Waals surface area contributed by atoms with Crippen LogP contribution in [0.1, 0.15) is 35.9 Å². The summed E-state index contributed by atoms with van der Waals surface area (Å²) in [5.41, 5.74) is 3.04. The lowest BCUT2D eigenvalue weighted by Gasteiger charge is -2.42. The molecule has 0 spiro atoms. The number of urea groups is 2. The number of para-hydroxylation sites is 1. The first-order chi connectivity index (χ1) is 12.2. The minimum atomic E-state index is -0.368. The molecule has 1 aliphatic heterocycles. The van der Waals surface area contributed by atoms with Crippen molar-refractivity contribution >= 4 is 17.7 Å². The van der Waals surface area contributed by atoms with Gasteiger partial charge in [0.25, 0.3) is 0 Å². The van der Waals surface area contributed by atoms with Crippen molar-refractivity contribution in [2.24, 2.45) is 5.92 Å². The molecular formula is C20H19N3O2. The van der Waals surface area contributed by atoms with Crippen molar-refractivity contribution in [1.82, 2.24) is 10.6 Å². The van der Waals surface area contributed by atoms with Crippen LogP contribution in [0.5, 0.6) is 0 Å². The highest BCUT2D eigenvalue weighted by atomic mass is 16.2. The van der Waals surface area contributed by atoms with Gasteiger partial charge in [-0.15, -0.1) is 0 Å². The number of carbonyl (C=O) groups is 2. The van der Waals surface area contributed by atoms with E-state index in [2.05, 4.69) is 22.8 Å². The molecule has 0 aromatic heterocycles. The van der Waals surface area contributed by atoms with E-state index < -0.39 is 0 Å². The van der Waals surface area contributed by atoms with Crippen molar-refractivity contribution in [2.45, 2.75) is 30.8 Å². The second-order valence-electron chi connectivity index (χ2n) is 7.05. The van der Waals surface area contributed by atoms with Gasteiger partial charge < -0.3 is 10.6 Å². The molecule has 4 atom stereocenters. The van der Waals surface area contributed by atoms with E-state index in [4.69, 9.17) is 0 Å². The summed E-state index contributed by atoms with van der Waals surface area (Å²) in [5, 5.41) is 6.30. The first kappa shape index (κ1) is 14.5. The molecule has 1 saturated heterocycles. The number of benzene rings is 2. The van der Waals surface area contributed by atoms with E-state index in [1.807, 2.05) is 30.3 Å². The van der Waals surface area contributed by atoms with Crippen LogP contribution in [0, 0.1) is 5.92 Å². The molecule has 2 aliphatic carbocycles. The molecule has 4 amide bonds. The molecule has 5 heteroatoms. The Hall–Kier alpha value is -2.82. The van der Waals surface area contributed by atoms with E-state index in [0.29, 0.717) is 11.6 Å². The van der Waals surface area contributed by atoms with E-state index in [9.17, 15) is 9.59 Å². The van der Waals surface area contributed by atoms with Crippen LogP contribution in [0.3, 0.4) is 0 Å². The summed E-state index contributed by atoms with van der Waals surface area (Å²) in [7, 11) is 0. The van der Waals surface area contributed by atoms with Crippen LogP contribution in [-0.2, 0) is 0 Å². The van der Waals surface area contributed by atoms with Gasteiger partial charge in [-0.2, -0.15) is 0 Å². The van der Waals surface area contributed by atoms with Crippen LogP contribution in [-0.4, -0.2) is 18.1 Å². The largest absolute Gasteiger partial charge is 0.334 e. The maximum Gasteiger partial charge on any atom is 0.330 e. The number of amides is 4. The Labute approximate surface area is 146 Å². The van der Waals surface area contributed by atoms with E-state index in [-0.39, 0.29) is 30.1 Å². The predicted molar refractivity (Wildman–Crippen MR) is 94.4 cm³/mol. The summed E-state index contributed by atoms with van der Waals surface area (Å²) in [6.07, 6.45) is 2.06. The van der Waals surface area contributed by atoms with Crippen LogP contribution in [0.15, 0.2) is 54.6 Å². The Kier molecular flexibility index (Phi) is 3.10. The second kappa shape index (κ2) is 5.34. The van der Waals surface area contributed by atoms with Crippen LogP contribution in [0.2, 0.25) is 0 Å². The number of fused-ring (bicyclic) bond motifs is 3. The van der Waals surface area contributed by atoms with Crippen molar-refractivity contribution in [1.29, 1.82) is 0 Å². The Balaban J connectivity index is 1.60.